The van der Waals surface area contributed by atoms with Crippen LogP contribution < -0.4 is 11.1 Å². The molecule has 0 spiro atoms. The number of amides is 1. The lowest BCUT2D eigenvalue weighted by molar-refractivity contribution is -0.119. The van der Waals surface area contributed by atoms with Crippen molar-refractivity contribution in [1.29, 1.82) is 0 Å². The van der Waals surface area contributed by atoms with Crippen molar-refractivity contribution in [3.8, 4) is 0 Å². The van der Waals surface area contributed by atoms with Crippen molar-refractivity contribution in [2.45, 2.75) is 32.6 Å². The number of aliphatic imine (C=N–C) groups is 1. The summed E-state index contributed by atoms with van der Waals surface area (Å²) in [4.78, 5) is 17.8. The molecule has 2 rings (SSSR count). The number of nitrogens with zero attached hydrogens (tertiary/aromatic N) is 2. The van der Waals surface area contributed by atoms with Crippen LogP contribution >= 0.6 is 0 Å². The van der Waals surface area contributed by atoms with Crippen LogP contribution in [0.3, 0.4) is 0 Å². The number of likely N-dealkylation sites (tertiary alicyclic amines) is 1. The molecule has 1 heterocycles. The lowest BCUT2D eigenvalue weighted by Crippen LogP contribution is -2.43. The van der Waals surface area contributed by atoms with Gasteiger partial charge >= 0.3 is 0 Å². The molecular formula is C13H24N4O. The van der Waals surface area contributed by atoms with Gasteiger partial charge in [0.05, 0.1) is 0 Å². The minimum absolute atomic E-state index is 0.0183. The van der Waals surface area contributed by atoms with E-state index in [-0.39, 0.29) is 12.5 Å². The van der Waals surface area contributed by atoms with E-state index >= 15 is 0 Å². The van der Waals surface area contributed by atoms with Gasteiger partial charge in [-0.15, -0.1) is 0 Å². The van der Waals surface area contributed by atoms with E-state index in [2.05, 4.69) is 22.1 Å². The fourth-order valence-corrected chi connectivity index (χ4v) is 2.13. The van der Waals surface area contributed by atoms with Crippen LogP contribution in [-0.2, 0) is 4.79 Å². The van der Waals surface area contributed by atoms with Gasteiger partial charge in [-0.2, -0.15) is 0 Å². The van der Waals surface area contributed by atoms with E-state index in [9.17, 15) is 4.79 Å². The molecule has 3 N–H and O–H groups in total. The Balaban J connectivity index is 1.68. The molecule has 5 nitrogen and oxygen atoms in total. The number of nitrogens with one attached hydrogen (secondary N) is 1. The highest BCUT2D eigenvalue weighted by atomic mass is 16.1. The maximum atomic E-state index is 11.5. The molecule has 5 heteroatoms. The SMILES string of the molecule is CC1CCN(C(N)=NCC(=O)NCC2CC2)CC1. The number of carbonyl (C=O) groups is 1. The van der Waals surface area contributed by atoms with E-state index in [0.29, 0.717) is 11.9 Å². The maximum absolute atomic E-state index is 11.5. The second kappa shape index (κ2) is 6.07. The minimum atomic E-state index is -0.0183. The summed E-state index contributed by atoms with van der Waals surface area (Å²) in [5, 5.41) is 2.89. The van der Waals surface area contributed by atoms with Gasteiger partial charge in [0, 0.05) is 19.6 Å². The predicted molar refractivity (Wildman–Crippen MR) is 72.2 cm³/mol. The highest BCUT2D eigenvalue weighted by Gasteiger charge is 2.21. The van der Waals surface area contributed by atoms with Crippen LogP contribution in [0.5, 0.6) is 0 Å². The van der Waals surface area contributed by atoms with E-state index in [1.165, 1.54) is 12.8 Å². The highest BCUT2D eigenvalue weighted by molar-refractivity contribution is 5.84. The second-order valence-electron chi connectivity index (χ2n) is 5.59. The van der Waals surface area contributed by atoms with E-state index in [1.807, 2.05) is 0 Å². The van der Waals surface area contributed by atoms with Crippen LogP contribution in [0.25, 0.3) is 0 Å². The van der Waals surface area contributed by atoms with Crippen molar-refractivity contribution in [2.24, 2.45) is 22.6 Å². The first kappa shape index (κ1) is 13.2. The molecule has 1 saturated heterocycles. The van der Waals surface area contributed by atoms with Gasteiger partial charge in [0.1, 0.15) is 6.54 Å². The normalized spacial score (nSPS) is 22.1. The first-order valence-corrected chi connectivity index (χ1v) is 6.96. The number of guanidine groups is 1. The van der Waals surface area contributed by atoms with Crippen molar-refractivity contribution in [3.63, 3.8) is 0 Å². The zero-order valence-corrected chi connectivity index (χ0v) is 11.2. The summed E-state index contributed by atoms with van der Waals surface area (Å²) < 4.78 is 0. The molecule has 18 heavy (non-hydrogen) atoms. The van der Waals surface area contributed by atoms with E-state index in [0.717, 1.165) is 38.4 Å². The van der Waals surface area contributed by atoms with Gasteiger partial charge in [-0.25, -0.2) is 4.99 Å². The van der Waals surface area contributed by atoms with Crippen LogP contribution in [-0.4, -0.2) is 42.9 Å². The fourth-order valence-electron chi connectivity index (χ4n) is 2.13. The van der Waals surface area contributed by atoms with Crippen LogP contribution in [0.15, 0.2) is 4.99 Å². The van der Waals surface area contributed by atoms with Gasteiger partial charge in [0.15, 0.2) is 5.96 Å². The number of nitrogens with two attached hydrogens (primary N) is 1. The Labute approximate surface area is 109 Å². The quantitative estimate of drug-likeness (QED) is 0.567. The monoisotopic (exact) mass is 252 g/mol. The first-order chi connectivity index (χ1) is 8.65. The van der Waals surface area contributed by atoms with Gasteiger partial charge in [-0.1, -0.05) is 6.92 Å². The lowest BCUT2D eigenvalue weighted by Gasteiger charge is -2.30. The molecule has 1 aliphatic heterocycles. The van der Waals surface area contributed by atoms with Gasteiger partial charge < -0.3 is 16.0 Å². The number of rotatable bonds is 4. The summed E-state index contributed by atoms with van der Waals surface area (Å²) in [6.07, 6.45) is 4.81. The molecule has 1 amide bonds. The van der Waals surface area contributed by atoms with Crippen molar-refractivity contribution < 1.29 is 4.79 Å². The molecule has 1 aliphatic carbocycles. The number of carbonyl (C=O) groups excluding carboxylic acids is 1. The average Bonchev–Trinajstić information content (AvgIpc) is 3.18. The van der Waals surface area contributed by atoms with E-state index in [4.69, 9.17) is 5.73 Å². The number of piperidine rings is 1. The Hall–Kier alpha value is -1.26. The second-order valence-corrected chi connectivity index (χ2v) is 5.59. The Morgan fingerprint density at radius 3 is 2.61 bits per heavy atom. The van der Waals surface area contributed by atoms with E-state index < -0.39 is 0 Å². The van der Waals surface area contributed by atoms with Crippen molar-refractivity contribution in [3.05, 3.63) is 0 Å². The van der Waals surface area contributed by atoms with Crippen molar-refractivity contribution in [1.82, 2.24) is 10.2 Å². The van der Waals surface area contributed by atoms with Gasteiger partial charge in [0.25, 0.3) is 0 Å². The third-order valence-electron chi connectivity index (χ3n) is 3.78. The molecule has 0 aromatic carbocycles. The number of hydrogen-bond acceptors (Lipinski definition) is 2. The minimum Gasteiger partial charge on any atom is -0.370 e. The predicted octanol–water partition coefficient (Wildman–Crippen LogP) is 0.559. The van der Waals surface area contributed by atoms with Gasteiger partial charge in [-0.05, 0) is 37.5 Å². The van der Waals surface area contributed by atoms with Gasteiger partial charge in [-0.3, -0.25) is 4.79 Å². The largest absolute Gasteiger partial charge is 0.370 e. The first-order valence-electron chi connectivity index (χ1n) is 6.96. The third-order valence-corrected chi connectivity index (χ3v) is 3.78. The Bertz CT molecular complexity index is 317. The van der Waals surface area contributed by atoms with Crippen molar-refractivity contribution >= 4 is 11.9 Å². The zero-order valence-electron chi connectivity index (χ0n) is 11.2. The average molecular weight is 252 g/mol. The molecule has 0 aromatic rings. The zero-order chi connectivity index (χ0) is 13.0. The Morgan fingerprint density at radius 2 is 2.00 bits per heavy atom. The summed E-state index contributed by atoms with van der Waals surface area (Å²) in [6.45, 7) is 5.14. The topological polar surface area (TPSA) is 70.7 Å². The molecule has 2 fully saturated rings. The summed E-state index contributed by atoms with van der Waals surface area (Å²) in [5.41, 5.74) is 5.91. The Kier molecular flexibility index (Phi) is 4.44. The molecule has 0 atom stereocenters. The molecule has 2 aliphatic rings. The maximum Gasteiger partial charge on any atom is 0.241 e. The Morgan fingerprint density at radius 1 is 1.33 bits per heavy atom. The van der Waals surface area contributed by atoms with Crippen LogP contribution in [0.1, 0.15) is 32.6 Å². The summed E-state index contributed by atoms with van der Waals surface area (Å²) in [5.74, 6) is 1.98. The molecule has 0 radical (unpaired) electrons. The molecule has 0 unspecified atom stereocenters. The molecule has 0 bridgehead atoms. The van der Waals surface area contributed by atoms with Gasteiger partial charge in [0.2, 0.25) is 5.91 Å². The highest BCUT2D eigenvalue weighted by Crippen LogP contribution is 2.27. The van der Waals surface area contributed by atoms with Crippen molar-refractivity contribution in [2.75, 3.05) is 26.2 Å². The molecule has 0 aromatic heterocycles. The summed E-state index contributed by atoms with van der Waals surface area (Å²) in [6, 6.07) is 0. The number of hydrogen-bond donors (Lipinski definition) is 2. The molecule has 102 valence electrons. The van der Waals surface area contributed by atoms with E-state index in [1.54, 1.807) is 0 Å². The summed E-state index contributed by atoms with van der Waals surface area (Å²) in [7, 11) is 0. The smallest absolute Gasteiger partial charge is 0.241 e. The third kappa shape index (κ3) is 4.20. The fraction of sp³-hybridized carbons (Fsp3) is 0.846. The molecule has 1 saturated carbocycles. The standard InChI is InChI=1S/C13H24N4O/c1-10-4-6-17(7-5-10)13(14)16-9-12(18)15-8-11-2-3-11/h10-11H,2-9H2,1H3,(H2,14,16)(H,15,18). The lowest BCUT2D eigenvalue weighted by atomic mass is 10.00. The molecular weight excluding hydrogens is 228 g/mol. The summed E-state index contributed by atoms with van der Waals surface area (Å²) >= 11 is 0. The van der Waals surface area contributed by atoms with Crippen LogP contribution in [0.4, 0.5) is 0 Å². The van der Waals surface area contributed by atoms with Crippen LogP contribution in [0.2, 0.25) is 0 Å². The van der Waals surface area contributed by atoms with Crippen LogP contribution in [0, 0.1) is 11.8 Å².